The van der Waals surface area contributed by atoms with Crippen LogP contribution in [0.15, 0.2) is 24.3 Å². The predicted octanol–water partition coefficient (Wildman–Crippen LogP) is 2.36. The highest BCUT2D eigenvalue weighted by Gasteiger charge is 2.45. The van der Waals surface area contributed by atoms with Gasteiger partial charge >= 0.3 is 0 Å². The van der Waals surface area contributed by atoms with E-state index in [9.17, 15) is 9.59 Å². The highest BCUT2D eigenvalue weighted by atomic mass is 35.5. The predicted molar refractivity (Wildman–Crippen MR) is 82.7 cm³/mol. The Morgan fingerprint density at radius 2 is 2.05 bits per heavy atom. The standard InChI is InChI=1S/C16H21ClN2O2/c1-16(2,3)11-9-19-15(21)13(11)14(20)18-8-10-6-4-5-7-12(10)17/h4-7,11,13H,8-9H2,1-3H3,(H,18,20)(H,19,21). The van der Waals surface area contributed by atoms with Gasteiger partial charge in [-0.3, -0.25) is 9.59 Å². The number of amides is 2. The van der Waals surface area contributed by atoms with E-state index in [1.807, 2.05) is 39.0 Å². The molecule has 2 atom stereocenters. The first-order valence-corrected chi connectivity index (χ1v) is 7.47. The van der Waals surface area contributed by atoms with E-state index in [-0.39, 0.29) is 23.1 Å². The summed E-state index contributed by atoms with van der Waals surface area (Å²) >= 11 is 6.07. The number of halogens is 1. The van der Waals surface area contributed by atoms with Crippen molar-refractivity contribution in [2.24, 2.45) is 17.3 Å². The van der Waals surface area contributed by atoms with Crippen molar-refractivity contribution in [3.05, 3.63) is 34.9 Å². The Morgan fingerprint density at radius 3 is 2.67 bits per heavy atom. The van der Waals surface area contributed by atoms with Crippen LogP contribution in [0.2, 0.25) is 5.02 Å². The lowest BCUT2D eigenvalue weighted by Gasteiger charge is -2.29. The first kappa shape index (κ1) is 15.8. The fourth-order valence-electron chi connectivity index (χ4n) is 2.66. The zero-order chi connectivity index (χ0) is 15.6. The number of nitrogens with one attached hydrogen (secondary N) is 2. The van der Waals surface area contributed by atoms with Crippen molar-refractivity contribution in [1.29, 1.82) is 0 Å². The van der Waals surface area contributed by atoms with Gasteiger partial charge in [-0.15, -0.1) is 0 Å². The molecule has 2 N–H and O–H groups in total. The van der Waals surface area contributed by atoms with Crippen molar-refractivity contribution in [3.63, 3.8) is 0 Å². The maximum absolute atomic E-state index is 12.4. The van der Waals surface area contributed by atoms with Gasteiger partial charge in [-0.25, -0.2) is 0 Å². The van der Waals surface area contributed by atoms with Crippen LogP contribution in [0.1, 0.15) is 26.3 Å². The molecule has 0 bridgehead atoms. The Bertz CT molecular complexity index is 551. The van der Waals surface area contributed by atoms with Crippen molar-refractivity contribution in [1.82, 2.24) is 10.6 Å². The zero-order valence-corrected chi connectivity index (χ0v) is 13.3. The summed E-state index contributed by atoms with van der Waals surface area (Å²) in [4.78, 5) is 24.3. The minimum absolute atomic E-state index is 0.00348. The molecule has 1 aromatic carbocycles. The average molecular weight is 309 g/mol. The van der Waals surface area contributed by atoms with Crippen molar-refractivity contribution in [3.8, 4) is 0 Å². The molecular formula is C16H21ClN2O2. The molecule has 5 heteroatoms. The Morgan fingerprint density at radius 1 is 1.38 bits per heavy atom. The Kier molecular flexibility index (Phi) is 4.57. The van der Waals surface area contributed by atoms with E-state index in [0.717, 1.165) is 5.56 Å². The molecule has 1 fully saturated rings. The number of rotatable bonds is 3. The minimum atomic E-state index is -0.632. The van der Waals surface area contributed by atoms with Crippen LogP contribution in [0.3, 0.4) is 0 Å². The van der Waals surface area contributed by atoms with Crippen molar-refractivity contribution < 1.29 is 9.59 Å². The van der Waals surface area contributed by atoms with Crippen LogP contribution >= 0.6 is 11.6 Å². The number of carbonyl (C=O) groups excluding carboxylic acids is 2. The Hall–Kier alpha value is -1.55. The molecule has 0 radical (unpaired) electrons. The van der Waals surface area contributed by atoms with Crippen LogP contribution in [0.25, 0.3) is 0 Å². The third-order valence-corrected chi connectivity index (χ3v) is 4.36. The van der Waals surface area contributed by atoms with E-state index in [2.05, 4.69) is 10.6 Å². The van der Waals surface area contributed by atoms with Gasteiger partial charge in [0.05, 0.1) is 0 Å². The number of hydrogen-bond acceptors (Lipinski definition) is 2. The third kappa shape index (κ3) is 3.56. The van der Waals surface area contributed by atoms with Gasteiger partial charge in [-0.05, 0) is 17.0 Å². The number of hydrogen-bond donors (Lipinski definition) is 2. The van der Waals surface area contributed by atoms with Crippen LogP contribution in [0.4, 0.5) is 0 Å². The average Bonchev–Trinajstić information content (AvgIpc) is 2.79. The van der Waals surface area contributed by atoms with Gasteiger partial charge in [0, 0.05) is 24.0 Å². The fraction of sp³-hybridized carbons (Fsp3) is 0.500. The highest BCUT2D eigenvalue weighted by Crippen LogP contribution is 2.35. The van der Waals surface area contributed by atoms with E-state index in [4.69, 9.17) is 11.6 Å². The lowest BCUT2D eigenvalue weighted by atomic mass is 9.74. The van der Waals surface area contributed by atoms with Crippen molar-refractivity contribution in [2.45, 2.75) is 27.3 Å². The van der Waals surface area contributed by atoms with E-state index in [1.165, 1.54) is 0 Å². The van der Waals surface area contributed by atoms with Gasteiger partial charge in [-0.2, -0.15) is 0 Å². The van der Waals surface area contributed by atoms with E-state index in [1.54, 1.807) is 6.07 Å². The van der Waals surface area contributed by atoms with Gasteiger partial charge in [-0.1, -0.05) is 50.6 Å². The molecule has 2 unspecified atom stereocenters. The molecule has 0 aromatic heterocycles. The summed E-state index contributed by atoms with van der Waals surface area (Å²) in [5.41, 5.74) is 0.740. The molecule has 2 rings (SSSR count). The zero-order valence-electron chi connectivity index (χ0n) is 12.6. The second-order valence-electron chi connectivity index (χ2n) is 6.50. The normalized spacial score (nSPS) is 22.0. The molecule has 1 aliphatic heterocycles. The first-order valence-electron chi connectivity index (χ1n) is 7.09. The first-order chi connectivity index (χ1) is 9.80. The van der Waals surface area contributed by atoms with Crippen LogP contribution in [0.5, 0.6) is 0 Å². The van der Waals surface area contributed by atoms with Gasteiger partial charge in [0.25, 0.3) is 0 Å². The fourth-order valence-corrected chi connectivity index (χ4v) is 2.87. The molecule has 1 aromatic rings. The molecule has 1 saturated heterocycles. The largest absolute Gasteiger partial charge is 0.355 e. The number of benzene rings is 1. The minimum Gasteiger partial charge on any atom is -0.355 e. The van der Waals surface area contributed by atoms with Crippen LogP contribution < -0.4 is 10.6 Å². The van der Waals surface area contributed by atoms with Crippen LogP contribution in [-0.2, 0) is 16.1 Å². The summed E-state index contributed by atoms with van der Waals surface area (Å²) in [7, 11) is 0. The Labute approximate surface area is 130 Å². The monoisotopic (exact) mass is 308 g/mol. The van der Waals surface area contributed by atoms with Crippen molar-refractivity contribution >= 4 is 23.4 Å². The van der Waals surface area contributed by atoms with E-state index in [0.29, 0.717) is 18.1 Å². The molecule has 0 spiro atoms. The van der Waals surface area contributed by atoms with Gasteiger partial charge in [0.2, 0.25) is 11.8 Å². The lowest BCUT2D eigenvalue weighted by molar-refractivity contribution is -0.135. The third-order valence-electron chi connectivity index (χ3n) is 3.99. The molecular weight excluding hydrogens is 288 g/mol. The molecule has 21 heavy (non-hydrogen) atoms. The number of carbonyl (C=O) groups is 2. The summed E-state index contributed by atoms with van der Waals surface area (Å²) in [6.07, 6.45) is 0. The molecule has 1 heterocycles. The van der Waals surface area contributed by atoms with Crippen LogP contribution in [0, 0.1) is 17.3 Å². The molecule has 114 valence electrons. The topological polar surface area (TPSA) is 58.2 Å². The van der Waals surface area contributed by atoms with Gasteiger partial charge in [0.15, 0.2) is 0 Å². The second-order valence-corrected chi connectivity index (χ2v) is 6.91. The molecule has 2 amide bonds. The molecule has 4 nitrogen and oxygen atoms in total. The molecule has 0 aliphatic carbocycles. The summed E-state index contributed by atoms with van der Waals surface area (Å²) < 4.78 is 0. The van der Waals surface area contributed by atoms with Crippen LogP contribution in [-0.4, -0.2) is 18.4 Å². The SMILES string of the molecule is CC(C)(C)C1CNC(=O)C1C(=O)NCc1ccccc1Cl. The maximum Gasteiger partial charge on any atom is 0.233 e. The van der Waals surface area contributed by atoms with E-state index < -0.39 is 5.92 Å². The Balaban J connectivity index is 2.05. The maximum atomic E-state index is 12.4. The van der Waals surface area contributed by atoms with E-state index >= 15 is 0 Å². The summed E-state index contributed by atoms with van der Waals surface area (Å²) in [6, 6.07) is 7.35. The van der Waals surface area contributed by atoms with Crippen molar-refractivity contribution in [2.75, 3.05) is 6.54 Å². The quantitative estimate of drug-likeness (QED) is 0.842. The highest BCUT2D eigenvalue weighted by molar-refractivity contribution is 6.31. The molecule has 1 aliphatic rings. The second kappa shape index (κ2) is 6.06. The lowest BCUT2D eigenvalue weighted by Crippen LogP contribution is -2.40. The smallest absolute Gasteiger partial charge is 0.233 e. The summed E-state index contributed by atoms with van der Waals surface area (Å²) in [5, 5.41) is 6.23. The van der Waals surface area contributed by atoms with Gasteiger partial charge in [0.1, 0.15) is 5.92 Å². The summed E-state index contributed by atoms with van der Waals surface area (Å²) in [6.45, 7) is 7.02. The van der Waals surface area contributed by atoms with Gasteiger partial charge < -0.3 is 10.6 Å². The summed E-state index contributed by atoms with van der Waals surface area (Å²) in [5.74, 6) is -1.06. The molecule has 0 saturated carbocycles.